The van der Waals surface area contributed by atoms with Crippen molar-refractivity contribution in [2.24, 2.45) is 4.99 Å². The predicted octanol–water partition coefficient (Wildman–Crippen LogP) is 2.30. The lowest BCUT2D eigenvalue weighted by atomic mass is 9.91. The quantitative estimate of drug-likeness (QED) is 0.233. The first-order valence-corrected chi connectivity index (χ1v) is 9.86. The maximum Gasteiger partial charge on any atom is 0.225 e. The molecule has 1 saturated heterocycles. The van der Waals surface area contributed by atoms with E-state index in [-0.39, 0.29) is 41.7 Å². The number of carbonyl (C=O) groups excluding carboxylic acids is 2. The Morgan fingerprint density at radius 2 is 2.11 bits per heavy atom. The molecule has 0 aromatic heterocycles. The van der Waals surface area contributed by atoms with Crippen LogP contribution in [0.2, 0.25) is 0 Å². The lowest BCUT2D eigenvalue weighted by Gasteiger charge is -2.24. The van der Waals surface area contributed by atoms with Crippen LogP contribution in [0.3, 0.4) is 0 Å². The molecule has 2 aliphatic heterocycles. The molecule has 0 aliphatic carbocycles. The first-order valence-electron chi connectivity index (χ1n) is 9.86. The van der Waals surface area contributed by atoms with Gasteiger partial charge in [0.2, 0.25) is 11.8 Å². The third-order valence-corrected chi connectivity index (χ3v) is 4.99. The number of carbonyl (C=O) groups is 2. The lowest BCUT2D eigenvalue weighted by molar-refractivity contribution is -0.127. The standard InChI is InChI=1S/C20H29N5O2.HI/c1-2-21-20(22-10-6-12-25-11-5-9-19(25)27)23-14-15-13-18(26)24-17-8-4-3-7-16(15)17;/h3-4,7-8,15H,2,5-6,9-14H2,1H3,(H,24,26)(H2,21,22,23);1H. The summed E-state index contributed by atoms with van der Waals surface area (Å²) >= 11 is 0. The number of amides is 2. The molecular weight excluding hydrogens is 469 g/mol. The van der Waals surface area contributed by atoms with Crippen LogP contribution in [0.15, 0.2) is 29.3 Å². The molecule has 1 unspecified atom stereocenters. The highest BCUT2D eigenvalue weighted by molar-refractivity contribution is 14.0. The van der Waals surface area contributed by atoms with Crippen LogP contribution in [0.5, 0.6) is 0 Å². The summed E-state index contributed by atoms with van der Waals surface area (Å²) in [6.07, 6.45) is 3.02. The maximum absolute atomic E-state index is 11.9. The Bertz CT molecular complexity index is 710. The highest BCUT2D eigenvalue weighted by Crippen LogP contribution is 2.31. The van der Waals surface area contributed by atoms with Crippen molar-refractivity contribution in [2.75, 3.05) is 38.0 Å². The molecule has 1 fully saturated rings. The Kier molecular flexibility index (Phi) is 9.01. The maximum atomic E-state index is 11.9. The van der Waals surface area contributed by atoms with Gasteiger partial charge in [0.05, 0.1) is 6.54 Å². The number of aliphatic imine (C=N–C) groups is 1. The van der Waals surface area contributed by atoms with Crippen LogP contribution in [0.1, 0.15) is 44.1 Å². The van der Waals surface area contributed by atoms with Crippen LogP contribution in [0.25, 0.3) is 0 Å². The van der Waals surface area contributed by atoms with Gasteiger partial charge in [-0.15, -0.1) is 24.0 Å². The van der Waals surface area contributed by atoms with Crippen LogP contribution in [-0.4, -0.2) is 55.4 Å². The van der Waals surface area contributed by atoms with Gasteiger partial charge in [-0.25, -0.2) is 0 Å². The summed E-state index contributed by atoms with van der Waals surface area (Å²) in [6, 6.07) is 7.92. The number of hydrogen-bond acceptors (Lipinski definition) is 3. The zero-order valence-corrected chi connectivity index (χ0v) is 18.7. The van der Waals surface area contributed by atoms with Gasteiger partial charge in [-0.05, 0) is 31.4 Å². The summed E-state index contributed by atoms with van der Waals surface area (Å²) in [5.74, 6) is 1.16. The van der Waals surface area contributed by atoms with Gasteiger partial charge in [0.25, 0.3) is 0 Å². The monoisotopic (exact) mass is 499 g/mol. The zero-order valence-electron chi connectivity index (χ0n) is 16.4. The molecule has 8 heteroatoms. The largest absolute Gasteiger partial charge is 0.357 e. The highest BCUT2D eigenvalue weighted by atomic mass is 127. The molecule has 0 radical (unpaired) electrons. The number of para-hydroxylation sites is 1. The minimum atomic E-state index is 0. The van der Waals surface area contributed by atoms with Crippen molar-refractivity contribution in [1.29, 1.82) is 0 Å². The van der Waals surface area contributed by atoms with Crippen molar-refractivity contribution in [2.45, 2.75) is 38.5 Å². The van der Waals surface area contributed by atoms with Gasteiger partial charge in [0.1, 0.15) is 0 Å². The summed E-state index contributed by atoms with van der Waals surface area (Å²) in [5, 5.41) is 9.51. The normalized spacial score (nSPS) is 19.0. The van der Waals surface area contributed by atoms with Crippen LogP contribution in [-0.2, 0) is 9.59 Å². The first-order chi connectivity index (χ1) is 13.2. The Labute approximate surface area is 183 Å². The van der Waals surface area contributed by atoms with Crippen molar-refractivity contribution in [3.63, 3.8) is 0 Å². The molecule has 3 N–H and O–H groups in total. The number of likely N-dealkylation sites (tertiary alicyclic amines) is 1. The summed E-state index contributed by atoms with van der Waals surface area (Å²) < 4.78 is 0. The number of guanidine groups is 1. The molecule has 0 saturated carbocycles. The van der Waals surface area contributed by atoms with E-state index < -0.39 is 0 Å². The third kappa shape index (κ3) is 6.08. The zero-order chi connectivity index (χ0) is 19.1. The smallest absolute Gasteiger partial charge is 0.225 e. The van der Waals surface area contributed by atoms with E-state index in [4.69, 9.17) is 0 Å². The second-order valence-electron chi connectivity index (χ2n) is 7.02. The topological polar surface area (TPSA) is 85.8 Å². The van der Waals surface area contributed by atoms with E-state index in [1.165, 1.54) is 0 Å². The number of fused-ring (bicyclic) bond motifs is 1. The van der Waals surface area contributed by atoms with E-state index in [1.807, 2.05) is 30.0 Å². The Morgan fingerprint density at radius 3 is 2.86 bits per heavy atom. The predicted molar refractivity (Wildman–Crippen MR) is 122 cm³/mol. The molecule has 1 atom stereocenters. The Morgan fingerprint density at radius 1 is 1.29 bits per heavy atom. The average Bonchev–Trinajstić information content (AvgIpc) is 3.07. The van der Waals surface area contributed by atoms with Crippen molar-refractivity contribution in [3.8, 4) is 0 Å². The minimum absolute atomic E-state index is 0. The molecule has 2 aliphatic rings. The van der Waals surface area contributed by atoms with Crippen molar-refractivity contribution >= 4 is 47.4 Å². The number of anilines is 1. The van der Waals surface area contributed by atoms with Crippen molar-refractivity contribution in [1.82, 2.24) is 15.5 Å². The van der Waals surface area contributed by atoms with Gasteiger partial charge in [-0.2, -0.15) is 0 Å². The van der Waals surface area contributed by atoms with Gasteiger partial charge in [-0.3, -0.25) is 14.6 Å². The molecule has 28 heavy (non-hydrogen) atoms. The van der Waals surface area contributed by atoms with Crippen molar-refractivity contribution in [3.05, 3.63) is 29.8 Å². The number of hydrogen-bond donors (Lipinski definition) is 3. The second-order valence-corrected chi connectivity index (χ2v) is 7.02. The van der Waals surface area contributed by atoms with Gasteiger partial charge < -0.3 is 20.9 Å². The van der Waals surface area contributed by atoms with Crippen molar-refractivity contribution < 1.29 is 9.59 Å². The highest BCUT2D eigenvalue weighted by Gasteiger charge is 2.24. The number of halogens is 1. The molecule has 1 aromatic rings. The molecule has 2 amide bonds. The Hall–Kier alpha value is -1.84. The van der Waals surface area contributed by atoms with Gasteiger partial charge in [0, 0.05) is 50.6 Å². The first kappa shape index (κ1) is 22.4. The molecule has 0 spiro atoms. The van der Waals surface area contributed by atoms with E-state index in [0.717, 1.165) is 56.2 Å². The molecule has 154 valence electrons. The molecule has 1 aromatic carbocycles. The molecule has 0 bridgehead atoms. The van der Waals surface area contributed by atoms with Crippen LogP contribution in [0.4, 0.5) is 5.69 Å². The molecular formula is C20H30IN5O2. The number of benzene rings is 1. The van der Waals surface area contributed by atoms with Gasteiger partial charge in [0.15, 0.2) is 5.96 Å². The van der Waals surface area contributed by atoms with E-state index in [0.29, 0.717) is 19.4 Å². The Balaban J connectivity index is 0.00000280. The van der Waals surface area contributed by atoms with E-state index >= 15 is 0 Å². The van der Waals surface area contributed by atoms with Crippen LogP contribution in [0, 0.1) is 0 Å². The minimum Gasteiger partial charge on any atom is -0.357 e. The third-order valence-electron chi connectivity index (χ3n) is 4.99. The van der Waals surface area contributed by atoms with Gasteiger partial charge >= 0.3 is 0 Å². The van der Waals surface area contributed by atoms with E-state index in [2.05, 4.69) is 27.0 Å². The lowest BCUT2D eigenvalue weighted by Crippen LogP contribution is -2.39. The summed E-state index contributed by atoms with van der Waals surface area (Å²) in [6.45, 7) is 5.81. The van der Waals surface area contributed by atoms with Gasteiger partial charge in [-0.1, -0.05) is 18.2 Å². The number of nitrogens with one attached hydrogen (secondary N) is 3. The fourth-order valence-corrected chi connectivity index (χ4v) is 3.63. The van der Waals surface area contributed by atoms with E-state index in [9.17, 15) is 9.59 Å². The summed E-state index contributed by atoms with van der Waals surface area (Å²) in [4.78, 5) is 30.2. The van der Waals surface area contributed by atoms with E-state index in [1.54, 1.807) is 0 Å². The second kappa shape index (κ2) is 11.2. The number of nitrogens with zero attached hydrogens (tertiary/aromatic N) is 2. The molecule has 3 rings (SSSR count). The van der Waals surface area contributed by atoms with Crippen LogP contribution < -0.4 is 16.0 Å². The number of rotatable bonds is 7. The summed E-state index contributed by atoms with van der Waals surface area (Å²) in [5.41, 5.74) is 2.03. The fraction of sp³-hybridized carbons (Fsp3) is 0.550. The summed E-state index contributed by atoms with van der Waals surface area (Å²) in [7, 11) is 0. The SMILES string of the molecule is CCNC(=NCC1CC(=O)Nc2ccccc21)NCCCN1CCCC1=O.I. The molecule has 2 heterocycles. The van der Waals surface area contributed by atoms with Crippen LogP contribution >= 0.6 is 24.0 Å². The molecule has 7 nitrogen and oxygen atoms in total. The average molecular weight is 499 g/mol. The fourth-order valence-electron chi connectivity index (χ4n) is 3.63.